The number of hydrogen-bond acceptors (Lipinski definition) is 1. The maximum atomic E-state index is 3.97. The first-order valence-corrected chi connectivity index (χ1v) is 9.04. The molecule has 1 nitrogen and oxygen atoms in total. The summed E-state index contributed by atoms with van der Waals surface area (Å²) in [5, 5.41) is 3.97. The van der Waals surface area contributed by atoms with Gasteiger partial charge in [0.15, 0.2) is 0 Å². The normalized spacial score (nSPS) is 14.5. The molecule has 0 rings (SSSR count). The van der Waals surface area contributed by atoms with E-state index in [1.807, 2.05) is 0 Å². The van der Waals surface area contributed by atoms with E-state index in [1.165, 1.54) is 77.0 Å². The van der Waals surface area contributed by atoms with Crippen molar-refractivity contribution < 1.29 is 0 Å². The lowest BCUT2D eigenvalue weighted by Gasteiger charge is -2.26. The summed E-state index contributed by atoms with van der Waals surface area (Å²) in [5.41, 5.74) is 0. The molecule has 0 aliphatic rings. The number of nitrogens with one attached hydrogen (secondary N) is 1. The van der Waals surface area contributed by atoms with Crippen molar-refractivity contribution in [1.82, 2.24) is 5.32 Å². The molecule has 2 atom stereocenters. The van der Waals surface area contributed by atoms with Gasteiger partial charge in [-0.15, -0.1) is 0 Å². The Bertz CT molecular complexity index is 149. The van der Waals surface area contributed by atoms with Crippen LogP contribution < -0.4 is 5.32 Å². The molecule has 0 saturated carbocycles. The summed E-state index contributed by atoms with van der Waals surface area (Å²) in [5.74, 6) is 0. The van der Waals surface area contributed by atoms with Crippen molar-refractivity contribution in [3.63, 3.8) is 0 Å². The topological polar surface area (TPSA) is 12.0 Å². The van der Waals surface area contributed by atoms with Gasteiger partial charge in [-0.25, -0.2) is 0 Å². The van der Waals surface area contributed by atoms with Gasteiger partial charge in [-0.05, 0) is 25.7 Å². The van der Waals surface area contributed by atoms with Crippen LogP contribution in [0.2, 0.25) is 0 Å². The Morgan fingerprint density at radius 1 is 0.526 bits per heavy atom. The fourth-order valence-corrected chi connectivity index (χ4v) is 2.93. The van der Waals surface area contributed by atoms with Crippen LogP contribution in [0, 0.1) is 0 Å². The van der Waals surface area contributed by atoms with Gasteiger partial charge in [0.25, 0.3) is 0 Å². The first kappa shape index (κ1) is 19.0. The highest BCUT2D eigenvalue weighted by Gasteiger charge is 2.13. The molecular weight excluding hydrogens is 230 g/mol. The van der Waals surface area contributed by atoms with Crippen LogP contribution in [0.15, 0.2) is 0 Å². The largest absolute Gasteiger partial charge is 0.311 e. The van der Waals surface area contributed by atoms with Crippen molar-refractivity contribution >= 4 is 0 Å². The molecule has 0 aliphatic carbocycles. The number of unbranched alkanes of at least 4 members (excludes halogenated alkanes) is 4. The third kappa shape index (κ3) is 11.5. The van der Waals surface area contributed by atoms with E-state index < -0.39 is 0 Å². The molecule has 0 radical (unpaired) electrons. The van der Waals surface area contributed by atoms with E-state index in [1.54, 1.807) is 0 Å². The van der Waals surface area contributed by atoms with Crippen LogP contribution in [0.1, 0.15) is 105 Å². The minimum Gasteiger partial charge on any atom is -0.311 e. The molecule has 1 heteroatoms. The van der Waals surface area contributed by atoms with Gasteiger partial charge in [-0.1, -0.05) is 79.1 Å². The fraction of sp³-hybridized carbons (Fsp3) is 1.00. The minimum absolute atomic E-state index is 0.773. The van der Waals surface area contributed by atoms with Gasteiger partial charge in [0.05, 0.1) is 0 Å². The van der Waals surface area contributed by atoms with Crippen LogP contribution in [0.3, 0.4) is 0 Å². The highest BCUT2D eigenvalue weighted by Crippen LogP contribution is 2.14. The fourth-order valence-electron chi connectivity index (χ4n) is 2.93. The van der Waals surface area contributed by atoms with Gasteiger partial charge < -0.3 is 5.32 Å². The molecule has 0 aromatic carbocycles. The summed E-state index contributed by atoms with van der Waals surface area (Å²) in [6, 6.07) is 1.55. The average Bonchev–Trinajstić information content (AvgIpc) is 2.39. The Balaban J connectivity index is 4.05. The van der Waals surface area contributed by atoms with E-state index in [0.29, 0.717) is 0 Å². The van der Waals surface area contributed by atoms with Gasteiger partial charge in [-0.2, -0.15) is 0 Å². The smallest absolute Gasteiger partial charge is 0.00695 e. The maximum absolute atomic E-state index is 3.97. The van der Waals surface area contributed by atoms with Crippen LogP contribution in [-0.2, 0) is 0 Å². The Kier molecular flexibility index (Phi) is 14.3. The Morgan fingerprint density at radius 3 is 1.26 bits per heavy atom. The third-order valence-electron chi connectivity index (χ3n) is 4.06. The molecule has 0 aromatic rings. The molecule has 0 saturated heterocycles. The van der Waals surface area contributed by atoms with Crippen LogP contribution in [0.25, 0.3) is 0 Å². The van der Waals surface area contributed by atoms with Gasteiger partial charge in [0.1, 0.15) is 0 Å². The molecule has 116 valence electrons. The molecule has 0 bridgehead atoms. The maximum Gasteiger partial charge on any atom is 0.00695 e. The van der Waals surface area contributed by atoms with E-state index >= 15 is 0 Å². The molecule has 19 heavy (non-hydrogen) atoms. The van der Waals surface area contributed by atoms with Crippen molar-refractivity contribution in [1.29, 1.82) is 0 Å². The molecule has 0 fully saturated rings. The molecule has 2 unspecified atom stereocenters. The van der Waals surface area contributed by atoms with Crippen LogP contribution in [0.5, 0.6) is 0 Å². The second-order valence-electron chi connectivity index (χ2n) is 6.13. The lowest BCUT2D eigenvalue weighted by Crippen LogP contribution is -2.38. The Labute approximate surface area is 122 Å². The van der Waals surface area contributed by atoms with Crippen molar-refractivity contribution in [3.8, 4) is 0 Å². The van der Waals surface area contributed by atoms with Crippen molar-refractivity contribution in [3.05, 3.63) is 0 Å². The SMILES string of the molecule is CCCCCC(CCC)NC(CCC)CCCCC. The summed E-state index contributed by atoms with van der Waals surface area (Å²) >= 11 is 0. The lowest BCUT2D eigenvalue weighted by molar-refractivity contribution is 0.342. The average molecular weight is 270 g/mol. The van der Waals surface area contributed by atoms with Crippen molar-refractivity contribution in [2.75, 3.05) is 0 Å². The van der Waals surface area contributed by atoms with Gasteiger partial charge in [-0.3, -0.25) is 0 Å². The van der Waals surface area contributed by atoms with E-state index in [9.17, 15) is 0 Å². The van der Waals surface area contributed by atoms with E-state index in [4.69, 9.17) is 0 Å². The molecule has 0 aliphatic heterocycles. The third-order valence-corrected chi connectivity index (χ3v) is 4.06. The lowest BCUT2D eigenvalue weighted by atomic mass is 9.99. The second-order valence-corrected chi connectivity index (χ2v) is 6.13. The monoisotopic (exact) mass is 269 g/mol. The van der Waals surface area contributed by atoms with E-state index in [2.05, 4.69) is 33.0 Å². The Morgan fingerprint density at radius 2 is 0.947 bits per heavy atom. The van der Waals surface area contributed by atoms with E-state index in [-0.39, 0.29) is 0 Å². The van der Waals surface area contributed by atoms with Gasteiger partial charge in [0.2, 0.25) is 0 Å². The zero-order chi connectivity index (χ0) is 14.3. The zero-order valence-electron chi connectivity index (χ0n) is 14.1. The molecule has 1 N–H and O–H groups in total. The predicted octanol–water partition coefficient (Wildman–Crippen LogP) is 6.07. The van der Waals surface area contributed by atoms with E-state index in [0.717, 1.165) is 12.1 Å². The van der Waals surface area contributed by atoms with Crippen LogP contribution in [0.4, 0.5) is 0 Å². The second kappa shape index (κ2) is 14.4. The van der Waals surface area contributed by atoms with Crippen LogP contribution >= 0.6 is 0 Å². The highest BCUT2D eigenvalue weighted by atomic mass is 14.9. The number of rotatable bonds is 14. The summed E-state index contributed by atoms with van der Waals surface area (Å²) in [4.78, 5) is 0. The van der Waals surface area contributed by atoms with Gasteiger partial charge in [0, 0.05) is 12.1 Å². The Hall–Kier alpha value is -0.0400. The predicted molar refractivity (Wildman–Crippen MR) is 88.8 cm³/mol. The van der Waals surface area contributed by atoms with Gasteiger partial charge >= 0.3 is 0 Å². The number of hydrogen-bond donors (Lipinski definition) is 1. The molecular formula is C18H39N. The quantitative estimate of drug-likeness (QED) is 0.377. The summed E-state index contributed by atoms with van der Waals surface area (Å²) < 4.78 is 0. The summed E-state index contributed by atoms with van der Waals surface area (Å²) in [6.45, 7) is 9.24. The highest BCUT2D eigenvalue weighted by molar-refractivity contribution is 4.74. The summed E-state index contributed by atoms with van der Waals surface area (Å²) in [6.07, 6.45) is 16.4. The summed E-state index contributed by atoms with van der Waals surface area (Å²) in [7, 11) is 0. The molecule has 0 amide bonds. The first-order chi connectivity index (χ1) is 9.28. The van der Waals surface area contributed by atoms with Crippen molar-refractivity contribution in [2.24, 2.45) is 0 Å². The van der Waals surface area contributed by atoms with Crippen molar-refractivity contribution in [2.45, 2.75) is 117 Å². The van der Waals surface area contributed by atoms with Crippen LogP contribution in [-0.4, -0.2) is 12.1 Å². The first-order valence-electron chi connectivity index (χ1n) is 9.04. The molecule has 0 aromatic heterocycles. The molecule has 0 spiro atoms. The standard InChI is InChI=1S/C18H39N/c1-5-9-11-15-17(13-7-3)19-18(14-8-4)16-12-10-6-2/h17-19H,5-16H2,1-4H3. The zero-order valence-corrected chi connectivity index (χ0v) is 14.1. The minimum atomic E-state index is 0.773. The molecule has 0 heterocycles.